The van der Waals surface area contributed by atoms with Crippen LogP contribution in [0.2, 0.25) is 0 Å². The molecule has 1 aliphatic heterocycles. The van der Waals surface area contributed by atoms with Crippen molar-refractivity contribution in [1.29, 1.82) is 0 Å². The summed E-state index contributed by atoms with van der Waals surface area (Å²) in [6, 6.07) is 9.07. The first-order valence-corrected chi connectivity index (χ1v) is 9.73. The van der Waals surface area contributed by atoms with Gasteiger partial charge < -0.3 is 15.5 Å². The summed E-state index contributed by atoms with van der Waals surface area (Å²) in [5.41, 5.74) is 2.62. The Morgan fingerprint density at radius 3 is 2.35 bits per heavy atom. The van der Waals surface area contributed by atoms with Gasteiger partial charge in [-0.25, -0.2) is 0 Å². The highest BCUT2D eigenvalue weighted by Gasteiger charge is 2.24. The summed E-state index contributed by atoms with van der Waals surface area (Å²) >= 11 is 0. The molecule has 0 saturated carbocycles. The molecule has 1 atom stereocenters. The van der Waals surface area contributed by atoms with E-state index in [1.165, 1.54) is 11.1 Å². The number of benzene rings is 1. The topological polar surface area (TPSA) is 56.7 Å². The van der Waals surface area contributed by atoms with Crippen molar-refractivity contribution in [3.05, 3.63) is 35.4 Å². The number of likely N-dealkylation sites (tertiary alicyclic amines) is 1. The van der Waals surface area contributed by atoms with Gasteiger partial charge in [-0.3, -0.25) is 9.79 Å². The first-order valence-electron chi connectivity index (χ1n) is 9.73. The van der Waals surface area contributed by atoms with Gasteiger partial charge in [0.15, 0.2) is 5.96 Å². The largest absolute Gasteiger partial charge is 0.356 e. The molecule has 1 aliphatic rings. The quantitative estimate of drug-likeness (QED) is 0.628. The molecule has 2 N–H and O–H groups in total. The maximum atomic E-state index is 12.1. The number of aryl methyl sites for hydroxylation is 1. The van der Waals surface area contributed by atoms with Crippen molar-refractivity contribution < 1.29 is 4.79 Å². The van der Waals surface area contributed by atoms with E-state index in [4.69, 9.17) is 0 Å². The number of hydrogen-bond donors (Lipinski definition) is 2. The van der Waals surface area contributed by atoms with Gasteiger partial charge in [-0.15, -0.1) is 0 Å². The summed E-state index contributed by atoms with van der Waals surface area (Å²) in [6.45, 7) is 10.8. The molecule has 0 spiro atoms. The molecule has 1 aromatic carbocycles. The standard InChI is InChI=1S/C21H34N4O/c1-15(2)20(26)25-12-10-19(11-13-25)24-21(22-5)23-14-17(4)18-8-6-16(3)7-9-18/h6-9,15,17,19H,10-14H2,1-5H3,(H2,22,23,24). The van der Waals surface area contributed by atoms with Gasteiger partial charge in [0.2, 0.25) is 5.91 Å². The Hall–Kier alpha value is -2.04. The van der Waals surface area contributed by atoms with Crippen molar-refractivity contribution in [2.75, 3.05) is 26.7 Å². The monoisotopic (exact) mass is 358 g/mol. The van der Waals surface area contributed by atoms with Crippen LogP contribution >= 0.6 is 0 Å². The van der Waals surface area contributed by atoms with Gasteiger partial charge in [-0.1, -0.05) is 50.6 Å². The number of rotatable bonds is 5. The second kappa shape index (κ2) is 9.60. The van der Waals surface area contributed by atoms with Crippen LogP contribution in [0.5, 0.6) is 0 Å². The lowest BCUT2D eigenvalue weighted by molar-refractivity contribution is -0.135. The Balaban J connectivity index is 1.78. The molecule has 5 nitrogen and oxygen atoms in total. The Morgan fingerprint density at radius 1 is 1.19 bits per heavy atom. The summed E-state index contributed by atoms with van der Waals surface area (Å²) < 4.78 is 0. The number of guanidine groups is 1. The molecule has 0 aromatic heterocycles. The highest BCUT2D eigenvalue weighted by molar-refractivity contribution is 5.80. The Kier molecular flexibility index (Phi) is 7.49. The average Bonchev–Trinajstić information content (AvgIpc) is 2.65. The van der Waals surface area contributed by atoms with Gasteiger partial charge in [0.1, 0.15) is 0 Å². The van der Waals surface area contributed by atoms with Crippen LogP contribution in [-0.4, -0.2) is 49.5 Å². The molecule has 0 bridgehead atoms. The number of amides is 1. The molecule has 1 saturated heterocycles. The molecule has 0 radical (unpaired) electrons. The first-order chi connectivity index (χ1) is 12.4. The second-order valence-corrected chi connectivity index (χ2v) is 7.66. The zero-order valence-corrected chi connectivity index (χ0v) is 16.9. The zero-order chi connectivity index (χ0) is 19.1. The van der Waals surface area contributed by atoms with Gasteiger partial charge in [0.05, 0.1) is 0 Å². The number of carbonyl (C=O) groups excluding carboxylic acids is 1. The van der Waals surface area contributed by atoms with Crippen molar-refractivity contribution in [3.8, 4) is 0 Å². The number of aliphatic imine (C=N–C) groups is 1. The SMILES string of the molecule is CN=C(NCC(C)c1ccc(C)cc1)NC1CCN(C(=O)C(C)C)CC1. The molecular formula is C21H34N4O. The van der Waals surface area contributed by atoms with E-state index in [0.29, 0.717) is 12.0 Å². The summed E-state index contributed by atoms with van der Waals surface area (Å²) in [5.74, 6) is 1.60. The molecule has 1 heterocycles. The van der Waals surface area contributed by atoms with Crippen molar-refractivity contribution >= 4 is 11.9 Å². The minimum Gasteiger partial charge on any atom is -0.356 e. The van der Waals surface area contributed by atoms with Crippen LogP contribution in [0.25, 0.3) is 0 Å². The third-order valence-corrected chi connectivity index (χ3v) is 5.09. The van der Waals surface area contributed by atoms with E-state index < -0.39 is 0 Å². The lowest BCUT2D eigenvalue weighted by Gasteiger charge is -2.34. The van der Waals surface area contributed by atoms with Gasteiger partial charge in [0.25, 0.3) is 0 Å². The van der Waals surface area contributed by atoms with Crippen molar-refractivity contribution in [2.45, 2.75) is 52.5 Å². The van der Waals surface area contributed by atoms with Crippen LogP contribution in [0.3, 0.4) is 0 Å². The van der Waals surface area contributed by atoms with Gasteiger partial charge in [-0.2, -0.15) is 0 Å². The first kappa shape index (κ1) is 20.3. The summed E-state index contributed by atoms with van der Waals surface area (Å²) in [5, 5.41) is 6.95. The van der Waals surface area contributed by atoms with Gasteiger partial charge >= 0.3 is 0 Å². The van der Waals surface area contributed by atoms with Crippen LogP contribution in [0, 0.1) is 12.8 Å². The Labute approximate surface area is 158 Å². The number of nitrogens with zero attached hydrogens (tertiary/aromatic N) is 2. The van der Waals surface area contributed by atoms with Crippen LogP contribution < -0.4 is 10.6 Å². The summed E-state index contributed by atoms with van der Waals surface area (Å²) in [4.78, 5) is 18.4. The molecule has 2 rings (SSSR count). The molecule has 1 unspecified atom stereocenters. The molecule has 1 amide bonds. The molecule has 26 heavy (non-hydrogen) atoms. The highest BCUT2D eigenvalue weighted by Crippen LogP contribution is 2.15. The lowest BCUT2D eigenvalue weighted by Crippen LogP contribution is -2.50. The predicted octanol–water partition coefficient (Wildman–Crippen LogP) is 2.91. The Morgan fingerprint density at radius 2 is 1.81 bits per heavy atom. The van der Waals surface area contributed by atoms with E-state index in [-0.39, 0.29) is 11.8 Å². The second-order valence-electron chi connectivity index (χ2n) is 7.66. The van der Waals surface area contributed by atoms with Crippen molar-refractivity contribution in [1.82, 2.24) is 15.5 Å². The molecule has 1 fully saturated rings. The average molecular weight is 359 g/mol. The molecule has 5 heteroatoms. The lowest BCUT2D eigenvalue weighted by atomic mass is 10.00. The van der Waals surface area contributed by atoms with Gasteiger partial charge in [-0.05, 0) is 31.2 Å². The number of nitrogens with one attached hydrogen (secondary N) is 2. The van der Waals surface area contributed by atoms with Crippen LogP contribution in [0.4, 0.5) is 0 Å². The summed E-state index contributed by atoms with van der Waals surface area (Å²) in [6.07, 6.45) is 1.93. The van der Waals surface area contributed by atoms with E-state index in [9.17, 15) is 4.79 Å². The minimum absolute atomic E-state index is 0.0807. The van der Waals surface area contributed by atoms with Crippen molar-refractivity contribution in [2.24, 2.45) is 10.9 Å². The fourth-order valence-corrected chi connectivity index (χ4v) is 3.26. The van der Waals surface area contributed by atoms with E-state index in [2.05, 4.69) is 53.7 Å². The maximum absolute atomic E-state index is 12.1. The van der Waals surface area contributed by atoms with E-state index >= 15 is 0 Å². The maximum Gasteiger partial charge on any atom is 0.225 e. The molecular weight excluding hydrogens is 324 g/mol. The van der Waals surface area contributed by atoms with Crippen LogP contribution in [0.1, 0.15) is 50.7 Å². The molecule has 0 aliphatic carbocycles. The number of piperidine rings is 1. The minimum atomic E-state index is 0.0807. The summed E-state index contributed by atoms with van der Waals surface area (Å²) in [7, 11) is 1.81. The van der Waals surface area contributed by atoms with E-state index in [1.54, 1.807) is 0 Å². The number of carbonyl (C=O) groups is 1. The van der Waals surface area contributed by atoms with Crippen LogP contribution in [-0.2, 0) is 4.79 Å². The molecule has 144 valence electrons. The van der Waals surface area contributed by atoms with E-state index in [1.807, 2.05) is 25.8 Å². The normalized spacial score (nSPS) is 17.3. The fraction of sp³-hybridized carbons (Fsp3) is 0.619. The fourth-order valence-electron chi connectivity index (χ4n) is 3.26. The predicted molar refractivity (Wildman–Crippen MR) is 109 cm³/mol. The molecule has 1 aromatic rings. The number of hydrogen-bond acceptors (Lipinski definition) is 2. The van der Waals surface area contributed by atoms with Gasteiger partial charge in [0, 0.05) is 38.6 Å². The third kappa shape index (κ3) is 5.75. The zero-order valence-electron chi connectivity index (χ0n) is 16.9. The van der Waals surface area contributed by atoms with Crippen molar-refractivity contribution in [3.63, 3.8) is 0 Å². The third-order valence-electron chi connectivity index (χ3n) is 5.09. The van der Waals surface area contributed by atoms with Crippen LogP contribution in [0.15, 0.2) is 29.3 Å². The smallest absolute Gasteiger partial charge is 0.225 e. The Bertz CT molecular complexity index is 601. The highest BCUT2D eigenvalue weighted by atomic mass is 16.2. The van der Waals surface area contributed by atoms with E-state index in [0.717, 1.165) is 38.4 Å².